The molecule has 3 aromatic rings. The third-order valence-corrected chi connectivity index (χ3v) is 10.6. The summed E-state index contributed by atoms with van der Waals surface area (Å²) in [5.74, 6) is -36.2. The molecular formula is C46H63F15N9O8P. The fraction of sp³-hybridized carbons (Fsp3) is 0.522. The largest absolute Gasteiger partial charge is 0.756 e. The van der Waals surface area contributed by atoms with Gasteiger partial charge in [-0.2, -0.15) is 0 Å². The van der Waals surface area contributed by atoms with E-state index in [9.17, 15) is 85.0 Å². The number of anilines is 3. The third kappa shape index (κ3) is 25.3. The minimum absolute atomic E-state index is 0.396. The Labute approximate surface area is 445 Å². The van der Waals surface area contributed by atoms with Gasteiger partial charge in [0.15, 0.2) is 69.8 Å². The van der Waals surface area contributed by atoms with Crippen LogP contribution in [0.25, 0.3) is 0 Å². The van der Waals surface area contributed by atoms with Gasteiger partial charge >= 0.3 is 18.1 Å². The van der Waals surface area contributed by atoms with Gasteiger partial charge < -0.3 is 56.0 Å². The van der Waals surface area contributed by atoms with Gasteiger partial charge in [-0.15, -0.1) is 0 Å². The van der Waals surface area contributed by atoms with Gasteiger partial charge in [-0.1, -0.05) is 53.4 Å². The normalized spacial score (nSPS) is 11.1. The van der Waals surface area contributed by atoms with Crippen LogP contribution in [0.15, 0.2) is 0 Å². The van der Waals surface area contributed by atoms with Gasteiger partial charge in [0, 0.05) is 53.4 Å². The van der Waals surface area contributed by atoms with Crippen molar-refractivity contribution in [3.8, 4) is 0 Å². The van der Waals surface area contributed by atoms with Crippen molar-refractivity contribution in [1.82, 2.24) is 25.8 Å². The fourth-order valence-corrected chi connectivity index (χ4v) is 6.58. The Morgan fingerprint density at radius 3 is 0.797 bits per heavy atom. The number of carbonyl (C=O) groups is 4. The van der Waals surface area contributed by atoms with E-state index >= 15 is 0 Å². The quantitative estimate of drug-likeness (QED) is 0.0101. The predicted octanol–water partition coefficient (Wildman–Crippen LogP) is 8.99. The first kappa shape index (κ1) is 72.9. The molecule has 0 spiro atoms. The minimum atomic E-state index is -4.89. The van der Waals surface area contributed by atoms with E-state index < -0.39 is 170 Å². The Bertz CT molecular complexity index is 2180. The van der Waals surface area contributed by atoms with Crippen LogP contribution in [-0.2, 0) is 9.36 Å². The summed E-state index contributed by atoms with van der Waals surface area (Å²) in [4.78, 5) is 71.2. The zero-order valence-electron chi connectivity index (χ0n) is 43.6. The summed E-state index contributed by atoms with van der Waals surface area (Å²) >= 11 is 0. The molecule has 33 heteroatoms. The average molecular weight is 1190 g/mol. The molecule has 0 aliphatic carbocycles. The zero-order chi connectivity index (χ0) is 61.0. The van der Waals surface area contributed by atoms with Gasteiger partial charge in [0.05, 0.1) is 26.2 Å². The van der Waals surface area contributed by atoms with Crippen molar-refractivity contribution in [2.45, 2.75) is 79.1 Å². The van der Waals surface area contributed by atoms with Crippen LogP contribution in [0.4, 0.5) is 97.3 Å². The van der Waals surface area contributed by atoms with Crippen LogP contribution in [0.5, 0.6) is 0 Å². The van der Waals surface area contributed by atoms with Gasteiger partial charge in [0.1, 0.15) is 17.1 Å². The Morgan fingerprint density at radius 1 is 0.456 bits per heavy atom. The molecule has 17 nitrogen and oxygen atoms in total. The predicted molar refractivity (Wildman–Crippen MR) is 257 cm³/mol. The summed E-state index contributed by atoms with van der Waals surface area (Å²) in [6.45, 7) is 12.1. The van der Waals surface area contributed by atoms with Gasteiger partial charge in [-0.05, 0) is 25.7 Å². The molecule has 0 atom stereocenters. The highest BCUT2D eigenvalue weighted by atomic mass is 31.2. The lowest BCUT2D eigenvalue weighted by atomic mass is 10.1. The Hall–Kier alpha value is -6.08. The number of amides is 7. The zero-order valence-corrected chi connectivity index (χ0v) is 44.5. The van der Waals surface area contributed by atoms with Crippen LogP contribution < -0.4 is 36.8 Å². The molecule has 0 saturated carbocycles. The molecule has 0 heterocycles. The molecule has 7 amide bonds. The summed E-state index contributed by atoms with van der Waals surface area (Å²) in [6, 6.07) is -4.57. The lowest BCUT2D eigenvalue weighted by Crippen LogP contribution is -2.50. The lowest BCUT2D eigenvalue weighted by Gasteiger charge is -2.39. The number of nitrogens with one attached hydrogen (secondary N) is 6. The van der Waals surface area contributed by atoms with Gasteiger partial charge in [-0.3, -0.25) is 14.3 Å². The molecule has 450 valence electrons. The van der Waals surface area contributed by atoms with Crippen LogP contribution in [0, 0.1) is 87.3 Å². The van der Waals surface area contributed by atoms with E-state index in [-0.39, 0.29) is 0 Å². The van der Waals surface area contributed by atoms with E-state index in [0.717, 1.165) is 11.3 Å². The van der Waals surface area contributed by atoms with Crippen LogP contribution >= 0.6 is 7.82 Å². The number of halogens is 15. The number of hydrogen-bond donors (Lipinski definition) is 8. The van der Waals surface area contributed by atoms with Crippen LogP contribution in [0.3, 0.4) is 0 Å². The highest BCUT2D eigenvalue weighted by Crippen LogP contribution is 2.30. The highest BCUT2D eigenvalue weighted by molar-refractivity contribution is 7.43. The molecule has 0 saturated heterocycles. The van der Waals surface area contributed by atoms with E-state index in [1.165, 1.54) is 103 Å². The van der Waals surface area contributed by atoms with Crippen molar-refractivity contribution in [3.05, 3.63) is 87.3 Å². The van der Waals surface area contributed by atoms with Crippen molar-refractivity contribution < 1.29 is 109 Å². The maximum atomic E-state index is 13.9. The van der Waals surface area contributed by atoms with E-state index in [0.29, 0.717) is 0 Å². The Morgan fingerprint density at radius 2 is 0.633 bits per heavy atom. The first-order valence-corrected chi connectivity index (χ1v) is 25.5. The van der Waals surface area contributed by atoms with E-state index in [2.05, 4.69) is 27.7 Å². The summed E-state index contributed by atoms with van der Waals surface area (Å²) < 4.78 is 213. The molecule has 0 aliphatic heterocycles. The van der Waals surface area contributed by atoms with Crippen LogP contribution in [0.2, 0.25) is 0 Å². The van der Waals surface area contributed by atoms with E-state index in [4.69, 9.17) is 19.2 Å². The fourth-order valence-electron chi connectivity index (χ4n) is 6.58. The number of benzene rings is 3. The molecule has 0 radical (unpaired) electrons. The van der Waals surface area contributed by atoms with Crippen molar-refractivity contribution in [1.29, 1.82) is 0 Å². The summed E-state index contributed by atoms with van der Waals surface area (Å²) in [7, 11) is -1.51. The maximum absolute atomic E-state index is 13.9. The second-order valence-corrected chi connectivity index (χ2v) is 18.0. The second-order valence-electron chi connectivity index (χ2n) is 17.0. The van der Waals surface area contributed by atoms with E-state index in [1.807, 2.05) is 16.0 Å². The molecule has 79 heavy (non-hydrogen) atoms. The number of nitrogens with zero attached hydrogens (tertiary/aromatic N) is 3. The molecular weight excluding hydrogens is 1120 g/mol. The van der Waals surface area contributed by atoms with Crippen molar-refractivity contribution in [2.75, 3.05) is 95.5 Å². The van der Waals surface area contributed by atoms with Gasteiger partial charge in [0.2, 0.25) is 23.9 Å². The number of quaternary nitrogens is 1. The summed E-state index contributed by atoms with van der Waals surface area (Å²) in [5.41, 5.74) is -5.17. The van der Waals surface area contributed by atoms with Crippen molar-refractivity contribution >= 4 is 49.4 Å². The number of carbonyl (C=O) groups excluding carboxylic acids is 4. The smallest absolute Gasteiger partial charge is 0.319 e. The van der Waals surface area contributed by atoms with Gasteiger partial charge in [-0.25, -0.2) is 80.2 Å². The molecule has 3 aromatic carbocycles. The van der Waals surface area contributed by atoms with Crippen molar-refractivity contribution in [3.63, 3.8) is 0 Å². The van der Waals surface area contributed by atoms with Crippen molar-refractivity contribution in [2.24, 2.45) is 0 Å². The number of urea groups is 3. The summed E-state index contributed by atoms with van der Waals surface area (Å²) in [5, 5.41) is 10.0. The summed E-state index contributed by atoms with van der Waals surface area (Å²) in [6.07, 6.45) is 11.8. The highest BCUT2D eigenvalue weighted by Gasteiger charge is 2.30. The van der Waals surface area contributed by atoms with Crippen LogP contribution in [-0.4, -0.2) is 128 Å². The minimum Gasteiger partial charge on any atom is -0.756 e. The molecule has 8 N–H and O–H groups in total. The molecule has 0 unspecified atom stereocenters. The third-order valence-electron chi connectivity index (χ3n) is 10.6. The topological polar surface area (TPSA) is 228 Å². The Balaban J connectivity index is 0.00000185. The number of hydrogen-bond acceptors (Lipinski definition) is 7. The SMILES string of the molecule is CCCC[N+](CCCC)(CCCC)CCCC.CN(C)C=O.O=C(NCCN(CCNC(=O)Nc1c(F)c(F)c(F)c(F)c1F)CCNC(=O)Nc1c(F)c(F)c(F)c(F)c1F)Nc1c(F)c(F)c(F)c(F)c1F.O=P([O-])(O)O. The standard InChI is InChI=1S/C27H18F15N7O3.C16H36N.C3H7NO.H3O4P/c28-7-10(31)16(37)22(17(38)11(7)32)46-25(50)43-1-4-49(5-2-44-26(51)47-23-18(39)12(33)8(29)13(34)19(23)40)6-3-45-27(52)48-24-20(41)14(35)9(30)15(36)21(24)42;1-5-9-13-17(14-10-6-2,15-11-7-3)16-12-8-4;1-4(2)3-5;1-5(2,3)4/h1-6H2,(H2,43,46,50)(H2,44,47,51)(H2,45,48,52);5-16H2,1-4H3;3H,1-2H3;(H3,1,2,3,4)/q;+1;;/p-1. The molecule has 0 aliphatic rings. The van der Waals surface area contributed by atoms with E-state index in [1.54, 1.807) is 14.1 Å². The van der Waals surface area contributed by atoms with Gasteiger partial charge in [0.25, 0.3) is 7.82 Å². The molecule has 0 fully saturated rings. The number of unbranched alkanes of at least 4 members (excludes halogenated alkanes) is 4. The second kappa shape index (κ2) is 36.2. The lowest BCUT2D eigenvalue weighted by molar-refractivity contribution is -0.929. The number of phosphoric acid groups is 1. The monoisotopic (exact) mass is 1190 g/mol. The molecule has 0 aromatic heterocycles. The average Bonchev–Trinajstić information content (AvgIpc) is 3.40. The Kier molecular flexibility index (Phi) is 33.4. The maximum Gasteiger partial charge on any atom is 0.319 e. The molecule has 3 rings (SSSR count). The molecule has 0 bridgehead atoms. The first-order valence-electron chi connectivity index (χ1n) is 24.0. The van der Waals surface area contributed by atoms with Crippen LogP contribution in [0.1, 0.15) is 79.1 Å². The number of rotatable bonds is 25. The first-order chi connectivity index (χ1) is 36.8.